The van der Waals surface area contributed by atoms with Gasteiger partial charge in [-0.15, -0.1) is 4.67 Å². The first-order chi connectivity index (χ1) is 9.33. The molecule has 2 unspecified atom stereocenters. The van der Waals surface area contributed by atoms with E-state index in [1.54, 1.807) is 0 Å². The van der Waals surface area contributed by atoms with Crippen molar-refractivity contribution in [3.05, 3.63) is 24.2 Å². The number of hydrogen-bond donors (Lipinski definition) is 3. The van der Waals surface area contributed by atoms with Gasteiger partial charge in [-0.05, 0) is 12.1 Å². The van der Waals surface area contributed by atoms with Crippen LogP contribution in [-0.4, -0.2) is 39.3 Å². The average molecular weight is 308 g/mol. The Kier molecular flexibility index (Phi) is 5.90. The number of aliphatic carboxylic acids is 2. The predicted molar refractivity (Wildman–Crippen MR) is 63.0 cm³/mol. The van der Waals surface area contributed by atoms with Crippen LogP contribution in [0.5, 0.6) is 0 Å². The third kappa shape index (κ3) is 5.14. The van der Waals surface area contributed by atoms with E-state index in [1.165, 1.54) is 18.4 Å². The summed E-state index contributed by atoms with van der Waals surface area (Å²) in [5.41, 5.74) is -1.78. The van der Waals surface area contributed by atoms with E-state index < -0.39 is 38.2 Å². The Labute approximate surface area is 113 Å². The van der Waals surface area contributed by atoms with E-state index in [2.05, 4.69) is 9.56 Å². The molecule has 0 aliphatic carbocycles. The van der Waals surface area contributed by atoms with Gasteiger partial charge in [0.05, 0.1) is 19.3 Å². The van der Waals surface area contributed by atoms with Crippen LogP contribution >= 0.6 is 7.60 Å². The quantitative estimate of drug-likeness (QED) is 0.262. The molecule has 0 radical (unpaired) electrons. The van der Waals surface area contributed by atoms with Gasteiger partial charge in [0.15, 0.2) is 5.66 Å². The predicted octanol–water partition coefficient (Wildman–Crippen LogP) is 0.884. The molecule has 9 nitrogen and oxygen atoms in total. The van der Waals surface area contributed by atoms with Crippen molar-refractivity contribution in [1.82, 2.24) is 0 Å². The van der Waals surface area contributed by atoms with Crippen molar-refractivity contribution in [2.75, 3.05) is 6.61 Å². The van der Waals surface area contributed by atoms with E-state index >= 15 is 0 Å². The van der Waals surface area contributed by atoms with Crippen LogP contribution in [0.25, 0.3) is 0 Å². The molecule has 1 aromatic heterocycles. The standard InChI is InChI=1S/C10H13O9P/c11-9(12)3-5-18-19-20(15,16)8(10(13)14)6-7-2-1-4-17-7/h1-2,4,8H,3,5-6H2,(H,11,12)(H,13,14)(H,15,16). The fourth-order valence-electron chi connectivity index (χ4n) is 1.26. The minimum absolute atomic E-state index is 0.195. The summed E-state index contributed by atoms with van der Waals surface area (Å²) in [6.45, 7) is -0.479. The van der Waals surface area contributed by atoms with E-state index in [9.17, 15) is 19.0 Å². The van der Waals surface area contributed by atoms with Crippen LogP contribution in [0.4, 0.5) is 0 Å². The van der Waals surface area contributed by atoms with Gasteiger partial charge in [-0.25, -0.2) is 4.89 Å². The second-order valence-corrected chi connectivity index (χ2v) is 5.64. The maximum absolute atomic E-state index is 11.8. The van der Waals surface area contributed by atoms with Crippen molar-refractivity contribution in [1.29, 1.82) is 0 Å². The summed E-state index contributed by atoms with van der Waals surface area (Å²) >= 11 is 0. The summed E-state index contributed by atoms with van der Waals surface area (Å²) < 4.78 is 20.8. The Balaban J connectivity index is 2.61. The van der Waals surface area contributed by atoms with Crippen LogP contribution in [0.2, 0.25) is 0 Å². The van der Waals surface area contributed by atoms with Gasteiger partial charge >= 0.3 is 19.5 Å². The summed E-state index contributed by atoms with van der Waals surface area (Å²) in [5, 5.41) is 17.3. The molecular weight excluding hydrogens is 295 g/mol. The van der Waals surface area contributed by atoms with E-state index in [1.807, 2.05) is 0 Å². The molecule has 10 heteroatoms. The lowest BCUT2D eigenvalue weighted by molar-refractivity contribution is -0.216. The Morgan fingerprint density at radius 2 is 2.10 bits per heavy atom. The van der Waals surface area contributed by atoms with Gasteiger partial charge in [0.2, 0.25) is 0 Å². The van der Waals surface area contributed by atoms with Crippen molar-refractivity contribution in [2.24, 2.45) is 0 Å². The summed E-state index contributed by atoms with van der Waals surface area (Å²) in [4.78, 5) is 35.0. The molecule has 1 aromatic rings. The molecule has 2 atom stereocenters. The molecule has 0 aromatic carbocycles. The Bertz CT molecular complexity index is 495. The van der Waals surface area contributed by atoms with Gasteiger partial charge in [-0.3, -0.25) is 14.2 Å². The highest BCUT2D eigenvalue weighted by molar-refractivity contribution is 7.54. The molecule has 0 aliphatic heterocycles. The normalized spacial score (nSPS) is 15.4. The number of carboxylic acids is 2. The van der Waals surface area contributed by atoms with Gasteiger partial charge in [-0.2, -0.15) is 0 Å². The zero-order valence-corrected chi connectivity index (χ0v) is 11.1. The third-order valence-corrected chi connectivity index (χ3v) is 3.72. The van der Waals surface area contributed by atoms with E-state index in [0.29, 0.717) is 0 Å². The minimum atomic E-state index is -4.63. The molecule has 0 bridgehead atoms. The van der Waals surface area contributed by atoms with Crippen LogP contribution in [0, 0.1) is 0 Å². The second kappa shape index (κ2) is 7.20. The van der Waals surface area contributed by atoms with Crippen LogP contribution < -0.4 is 0 Å². The monoisotopic (exact) mass is 308 g/mol. The molecule has 0 saturated heterocycles. The van der Waals surface area contributed by atoms with Crippen LogP contribution in [0.15, 0.2) is 22.8 Å². The van der Waals surface area contributed by atoms with Gasteiger partial charge in [-0.1, -0.05) is 0 Å². The summed E-state index contributed by atoms with van der Waals surface area (Å²) in [7, 11) is -4.63. The highest BCUT2D eigenvalue weighted by Crippen LogP contribution is 2.49. The summed E-state index contributed by atoms with van der Waals surface area (Å²) in [6.07, 6.45) is 0.481. The molecule has 20 heavy (non-hydrogen) atoms. The smallest absolute Gasteiger partial charge is 0.369 e. The first kappa shape index (κ1) is 16.4. The largest absolute Gasteiger partial charge is 0.481 e. The molecule has 0 amide bonds. The first-order valence-electron chi connectivity index (χ1n) is 5.43. The van der Waals surface area contributed by atoms with Crippen molar-refractivity contribution < 1.29 is 43.2 Å². The summed E-state index contributed by atoms with van der Waals surface area (Å²) in [6, 6.07) is 2.95. The van der Waals surface area contributed by atoms with Crippen molar-refractivity contribution in [3.8, 4) is 0 Å². The molecule has 0 saturated carbocycles. The molecule has 1 rings (SSSR count). The summed E-state index contributed by atoms with van der Waals surface area (Å²) in [5.74, 6) is -2.55. The molecule has 0 aliphatic rings. The SMILES string of the molecule is O=C(O)CCOOP(=O)(O)C(Cc1ccco1)C(=O)O. The van der Waals surface area contributed by atoms with Crippen LogP contribution in [0.3, 0.4) is 0 Å². The number of carboxylic acid groups (broad SMARTS) is 2. The molecule has 0 spiro atoms. The van der Waals surface area contributed by atoms with E-state index in [0.717, 1.165) is 0 Å². The minimum Gasteiger partial charge on any atom is -0.481 e. The maximum Gasteiger partial charge on any atom is 0.369 e. The highest BCUT2D eigenvalue weighted by Gasteiger charge is 2.40. The van der Waals surface area contributed by atoms with Crippen molar-refractivity contribution in [3.63, 3.8) is 0 Å². The first-order valence-corrected chi connectivity index (χ1v) is 7.08. The number of rotatable bonds is 9. The van der Waals surface area contributed by atoms with Gasteiger partial charge in [0.25, 0.3) is 0 Å². The number of carbonyl (C=O) groups is 2. The maximum atomic E-state index is 11.8. The lowest BCUT2D eigenvalue weighted by Crippen LogP contribution is -2.24. The highest BCUT2D eigenvalue weighted by atomic mass is 31.2. The molecule has 1 heterocycles. The topological polar surface area (TPSA) is 144 Å². The fraction of sp³-hybridized carbons (Fsp3) is 0.400. The van der Waals surface area contributed by atoms with Crippen LogP contribution in [-0.2, 0) is 30.1 Å². The van der Waals surface area contributed by atoms with Crippen LogP contribution in [0.1, 0.15) is 12.2 Å². The average Bonchev–Trinajstić information content (AvgIpc) is 2.84. The van der Waals surface area contributed by atoms with Crippen molar-refractivity contribution >= 4 is 19.5 Å². The fourth-order valence-corrected chi connectivity index (χ4v) is 2.27. The van der Waals surface area contributed by atoms with E-state index in [4.69, 9.17) is 14.6 Å². The second-order valence-electron chi connectivity index (χ2n) is 3.74. The number of furan rings is 1. The third-order valence-electron chi connectivity index (χ3n) is 2.21. The molecule has 112 valence electrons. The Morgan fingerprint density at radius 3 is 2.60 bits per heavy atom. The zero-order valence-electron chi connectivity index (χ0n) is 10.2. The van der Waals surface area contributed by atoms with Crippen molar-refractivity contribution in [2.45, 2.75) is 18.5 Å². The Hall–Kier alpha value is -1.67. The van der Waals surface area contributed by atoms with Gasteiger partial charge < -0.3 is 19.5 Å². The number of hydrogen-bond acceptors (Lipinski definition) is 6. The lowest BCUT2D eigenvalue weighted by Gasteiger charge is -2.17. The molecule has 3 N–H and O–H groups in total. The molecular formula is C10H13O9P. The van der Waals surface area contributed by atoms with Gasteiger partial charge in [0, 0.05) is 6.42 Å². The zero-order chi connectivity index (χ0) is 15.2. The lowest BCUT2D eigenvalue weighted by atomic mass is 10.2. The molecule has 0 fully saturated rings. The Morgan fingerprint density at radius 1 is 1.40 bits per heavy atom. The van der Waals surface area contributed by atoms with Gasteiger partial charge in [0.1, 0.15) is 5.76 Å². The van der Waals surface area contributed by atoms with E-state index in [-0.39, 0.29) is 12.2 Å².